The van der Waals surface area contributed by atoms with Crippen molar-refractivity contribution in [2.45, 2.75) is 13.3 Å². The van der Waals surface area contributed by atoms with Gasteiger partial charge in [0.05, 0.1) is 0 Å². The van der Waals surface area contributed by atoms with Gasteiger partial charge in [0.2, 0.25) is 0 Å². The lowest BCUT2D eigenvalue weighted by Gasteiger charge is -2.08. The molecule has 20 heavy (non-hydrogen) atoms. The molecule has 4 heteroatoms. The third-order valence-corrected chi connectivity index (χ3v) is 2.92. The Labute approximate surface area is 118 Å². The number of benzene rings is 2. The van der Waals surface area contributed by atoms with Crippen LogP contribution in [0.2, 0.25) is 0 Å². The number of aryl methyl sites for hydroxylation is 1. The van der Waals surface area contributed by atoms with Gasteiger partial charge in [-0.1, -0.05) is 29.8 Å². The Hall–Kier alpha value is -2.33. The van der Waals surface area contributed by atoms with Crippen LogP contribution >= 0.6 is 0 Å². The first-order valence-electron chi connectivity index (χ1n) is 6.52. The van der Waals surface area contributed by atoms with E-state index in [9.17, 15) is 4.79 Å². The molecular weight excluding hydrogens is 252 g/mol. The van der Waals surface area contributed by atoms with Crippen LogP contribution in [0.3, 0.4) is 0 Å². The van der Waals surface area contributed by atoms with Crippen molar-refractivity contribution >= 4 is 17.4 Å². The molecule has 0 unspecified atom stereocenters. The third kappa shape index (κ3) is 4.10. The van der Waals surface area contributed by atoms with Crippen molar-refractivity contribution in [1.29, 1.82) is 0 Å². The summed E-state index contributed by atoms with van der Waals surface area (Å²) in [7, 11) is 0. The molecule has 2 rings (SSSR count). The molecule has 0 atom stereocenters. The first kappa shape index (κ1) is 14.1. The van der Waals surface area contributed by atoms with Gasteiger partial charge >= 0.3 is 6.03 Å². The van der Waals surface area contributed by atoms with Gasteiger partial charge in [-0.2, -0.15) is 0 Å². The zero-order valence-corrected chi connectivity index (χ0v) is 11.4. The van der Waals surface area contributed by atoms with Crippen molar-refractivity contribution in [3.63, 3.8) is 0 Å². The summed E-state index contributed by atoms with van der Waals surface area (Å²) in [4.78, 5) is 11.8. The zero-order chi connectivity index (χ0) is 14.4. The number of rotatable bonds is 4. The van der Waals surface area contributed by atoms with Gasteiger partial charge in [-0.3, -0.25) is 0 Å². The fourth-order valence-corrected chi connectivity index (χ4v) is 1.81. The lowest BCUT2D eigenvalue weighted by atomic mass is 10.1. The number of anilines is 2. The first-order chi connectivity index (χ1) is 9.67. The molecule has 0 heterocycles. The summed E-state index contributed by atoms with van der Waals surface area (Å²) in [5, 5.41) is 14.4. The van der Waals surface area contributed by atoms with Crippen LogP contribution in [0, 0.1) is 6.92 Å². The highest BCUT2D eigenvalue weighted by Gasteiger charge is 2.02. The van der Waals surface area contributed by atoms with E-state index in [-0.39, 0.29) is 12.6 Å². The zero-order valence-electron chi connectivity index (χ0n) is 11.4. The van der Waals surface area contributed by atoms with Gasteiger partial charge in [0, 0.05) is 18.0 Å². The summed E-state index contributed by atoms with van der Waals surface area (Å²) < 4.78 is 0. The first-order valence-corrected chi connectivity index (χ1v) is 6.52. The predicted octanol–water partition coefficient (Wildman–Crippen LogP) is 3.17. The van der Waals surface area contributed by atoms with Crippen LogP contribution in [0.15, 0.2) is 48.5 Å². The van der Waals surface area contributed by atoms with E-state index in [2.05, 4.69) is 10.6 Å². The van der Waals surface area contributed by atoms with E-state index in [1.165, 1.54) is 0 Å². The van der Waals surface area contributed by atoms with Crippen LogP contribution in [-0.2, 0) is 6.42 Å². The highest BCUT2D eigenvalue weighted by molar-refractivity contribution is 5.99. The number of amides is 2. The van der Waals surface area contributed by atoms with Crippen LogP contribution in [0.5, 0.6) is 0 Å². The third-order valence-electron chi connectivity index (χ3n) is 2.92. The normalized spacial score (nSPS) is 10.1. The summed E-state index contributed by atoms with van der Waals surface area (Å²) in [6.45, 7) is 2.12. The van der Waals surface area contributed by atoms with E-state index < -0.39 is 0 Å². The molecule has 104 valence electrons. The van der Waals surface area contributed by atoms with Crippen LogP contribution in [0.1, 0.15) is 11.1 Å². The molecule has 0 bridgehead atoms. The van der Waals surface area contributed by atoms with Gasteiger partial charge in [0.1, 0.15) is 0 Å². The quantitative estimate of drug-likeness (QED) is 0.799. The van der Waals surface area contributed by atoms with Crippen molar-refractivity contribution in [1.82, 2.24) is 0 Å². The Morgan fingerprint density at radius 2 is 1.45 bits per heavy atom. The van der Waals surface area contributed by atoms with Crippen molar-refractivity contribution in [3.8, 4) is 0 Å². The summed E-state index contributed by atoms with van der Waals surface area (Å²) in [5.74, 6) is 0. The molecule has 2 aromatic carbocycles. The minimum atomic E-state index is -0.274. The monoisotopic (exact) mass is 270 g/mol. The molecule has 0 aliphatic rings. The fourth-order valence-electron chi connectivity index (χ4n) is 1.81. The SMILES string of the molecule is Cc1ccc(NC(=O)Nc2ccc(CCO)cc2)cc1. The van der Waals surface area contributed by atoms with E-state index in [1.807, 2.05) is 55.5 Å². The van der Waals surface area contributed by atoms with Gasteiger partial charge in [-0.15, -0.1) is 0 Å². The lowest BCUT2D eigenvalue weighted by Crippen LogP contribution is -2.19. The highest BCUT2D eigenvalue weighted by atomic mass is 16.3. The number of aliphatic hydroxyl groups is 1. The van der Waals surface area contributed by atoms with E-state index in [0.717, 1.165) is 22.5 Å². The minimum absolute atomic E-state index is 0.126. The standard InChI is InChI=1S/C16H18N2O2/c1-12-2-6-14(7-3-12)17-16(20)18-15-8-4-13(5-9-15)10-11-19/h2-9,19H,10-11H2,1H3,(H2,17,18,20). The van der Waals surface area contributed by atoms with Crippen LogP contribution < -0.4 is 10.6 Å². The predicted molar refractivity (Wildman–Crippen MR) is 81.1 cm³/mol. The van der Waals surface area contributed by atoms with Gasteiger partial charge in [-0.25, -0.2) is 4.79 Å². The minimum Gasteiger partial charge on any atom is -0.396 e. The van der Waals surface area contributed by atoms with Crippen molar-refractivity contribution in [2.24, 2.45) is 0 Å². The summed E-state index contributed by atoms with van der Waals surface area (Å²) in [6.07, 6.45) is 0.621. The number of carbonyl (C=O) groups excluding carboxylic acids is 1. The molecule has 3 N–H and O–H groups in total. The number of carbonyl (C=O) groups is 1. The van der Waals surface area contributed by atoms with E-state index in [1.54, 1.807) is 0 Å². The Morgan fingerprint density at radius 3 is 1.95 bits per heavy atom. The lowest BCUT2D eigenvalue weighted by molar-refractivity contribution is 0.262. The molecule has 0 spiro atoms. The molecule has 0 fully saturated rings. The number of nitrogens with one attached hydrogen (secondary N) is 2. The summed E-state index contributed by atoms with van der Waals surface area (Å²) in [6, 6.07) is 14.7. The number of hydrogen-bond donors (Lipinski definition) is 3. The van der Waals surface area contributed by atoms with Crippen molar-refractivity contribution in [2.75, 3.05) is 17.2 Å². The summed E-state index contributed by atoms with van der Waals surface area (Å²) >= 11 is 0. The average molecular weight is 270 g/mol. The molecule has 4 nitrogen and oxygen atoms in total. The number of hydrogen-bond acceptors (Lipinski definition) is 2. The van der Waals surface area contributed by atoms with Gasteiger partial charge in [-0.05, 0) is 43.2 Å². The van der Waals surface area contributed by atoms with Gasteiger partial charge < -0.3 is 15.7 Å². The molecule has 0 aliphatic carbocycles. The van der Waals surface area contributed by atoms with Crippen molar-refractivity contribution in [3.05, 3.63) is 59.7 Å². The second-order valence-electron chi connectivity index (χ2n) is 4.62. The molecule has 0 saturated carbocycles. The second-order valence-corrected chi connectivity index (χ2v) is 4.62. The largest absolute Gasteiger partial charge is 0.396 e. The van der Waals surface area contributed by atoms with Crippen LogP contribution in [0.4, 0.5) is 16.2 Å². The Morgan fingerprint density at radius 1 is 0.950 bits per heavy atom. The average Bonchev–Trinajstić information content (AvgIpc) is 2.44. The molecule has 0 radical (unpaired) electrons. The van der Waals surface area contributed by atoms with Crippen LogP contribution in [0.25, 0.3) is 0 Å². The fraction of sp³-hybridized carbons (Fsp3) is 0.188. The van der Waals surface area contributed by atoms with Gasteiger partial charge in [0.25, 0.3) is 0 Å². The Balaban J connectivity index is 1.92. The maximum Gasteiger partial charge on any atom is 0.323 e. The number of urea groups is 1. The van der Waals surface area contributed by atoms with Crippen LogP contribution in [-0.4, -0.2) is 17.7 Å². The maximum absolute atomic E-state index is 11.8. The topological polar surface area (TPSA) is 61.4 Å². The van der Waals surface area contributed by atoms with Gasteiger partial charge in [0.15, 0.2) is 0 Å². The van der Waals surface area contributed by atoms with Crippen molar-refractivity contribution < 1.29 is 9.90 Å². The highest BCUT2D eigenvalue weighted by Crippen LogP contribution is 2.12. The Bertz CT molecular complexity index is 562. The molecule has 0 aliphatic heterocycles. The molecule has 0 aromatic heterocycles. The molecular formula is C16H18N2O2. The molecule has 0 saturated heterocycles. The van der Waals surface area contributed by atoms with E-state index in [0.29, 0.717) is 6.42 Å². The summed E-state index contributed by atoms with van der Waals surface area (Å²) in [5.41, 5.74) is 3.66. The Kier molecular flexibility index (Phi) is 4.74. The van der Waals surface area contributed by atoms with E-state index >= 15 is 0 Å². The molecule has 2 amide bonds. The maximum atomic E-state index is 11.8. The second kappa shape index (κ2) is 6.73. The smallest absolute Gasteiger partial charge is 0.323 e. The number of aliphatic hydroxyl groups excluding tert-OH is 1. The molecule has 2 aromatic rings. The van der Waals surface area contributed by atoms with E-state index in [4.69, 9.17) is 5.11 Å².